The van der Waals surface area contributed by atoms with Gasteiger partial charge in [0.2, 0.25) is 15.9 Å². The van der Waals surface area contributed by atoms with Crippen molar-refractivity contribution in [3.8, 4) is 5.75 Å². The van der Waals surface area contributed by atoms with Gasteiger partial charge in [-0.3, -0.25) is 19.2 Å². The monoisotopic (exact) mass is 421 g/mol. The molecule has 0 aromatic heterocycles. The number of carbonyl (C=O) groups excluding carboxylic acids is 1. The van der Waals surface area contributed by atoms with Gasteiger partial charge in [0.05, 0.1) is 23.5 Å². The Morgan fingerprint density at radius 3 is 2.45 bits per heavy atom. The Labute approximate surface area is 169 Å². The van der Waals surface area contributed by atoms with E-state index >= 15 is 0 Å². The van der Waals surface area contributed by atoms with Crippen molar-refractivity contribution in [2.75, 3.05) is 17.2 Å². The summed E-state index contributed by atoms with van der Waals surface area (Å²) in [6, 6.07) is 11.2. The van der Waals surface area contributed by atoms with Crippen LogP contribution in [0.3, 0.4) is 0 Å². The third-order valence-corrected chi connectivity index (χ3v) is 5.33. The Morgan fingerprint density at radius 1 is 1.24 bits per heavy atom. The Hall–Kier alpha value is -3.14. The Kier molecular flexibility index (Phi) is 7.16. The fourth-order valence-electron chi connectivity index (χ4n) is 2.76. The van der Waals surface area contributed by atoms with Gasteiger partial charge in [-0.05, 0) is 37.6 Å². The summed E-state index contributed by atoms with van der Waals surface area (Å²) in [5.74, 6) is 0.181. The van der Waals surface area contributed by atoms with E-state index in [1.54, 1.807) is 24.3 Å². The molecular weight excluding hydrogens is 398 g/mol. The largest absolute Gasteiger partial charge is 0.494 e. The molecule has 2 rings (SSSR count). The number of ether oxygens (including phenoxy) is 1. The van der Waals surface area contributed by atoms with Gasteiger partial charge in [-0.2, -0.15) is 0 Å². The van der Waals surface area contributed by atoms with Gasteiger partial charge in [0, 0.05) is 18.7 Å². The first-order chi connectivity index (χ1) is 13.6. The molecule has 0 aliphatic heterocycles. The molecule has 2 aromatic rings. The van der Waals surface area contributed by atoms with Crippen molar-refractivity contribution in [3.05, 3.63) is 64.2 Å². The van der Waals surface area contributed by atoms with Crippen molar-refractivity contribution in [3.63, 3.8) is 0 Å². The first kappa shape index (κ1) is 22.2. The number of carbonyl (C=O) groups is 1. The van der Waals surface area contributed by atoms with Crippen LogP contribution in [0, 0.1) is 10.1 Å². The molecule has 0 aliphatic carbocycles. The third-order valence-electron chi connectivity index (χ3n) is 4.08. The summed E-state index contributed by atoms with van der Waals surface area (Å²) in [7, 11) is -3.87. The van der Waals surface area contributed by atoms with Crippen LogP contribution in [0.4, 0.5) is 11.4 Å². The number of sulfonamides is 1. The Morgan fingerprint density at radius 2 is 1.90 bits per heavy atom. The van der Waals surface area contributed by atoms with Crippen LogP contribution in [0.15, 0.2) is 48.5 Å². The number of amides is 1. The van der Waals surface area contributed by atoms with Crippen molar-refractivity contribution in [2.24, 2.45) is 0 Å². The molecule has 0 saturated carbocycles. The quantitative estimate of drug-likeness (QED) is 0.491. The smallest absolute Gasteiger partial charge is 0.271 e. The Balaban J connectivity index is 2.16. The van der Waals surface area contributed by atoms with Crippen molar-refractivity contribution in [2.45, 2.75) is 26.4 Å². The average Bonchev–Trinajstić information content (AvgIpc) is 2.66. The molecule has 0 saturated heterocycles. The van der Waals surface area contributed by atoms with E-state index in [0.29, 0.717) is 12.4 Å². The van der Waals surface area contributed by atoms with E-state index in [-0.39, 0.29) is 17.9 Å². The van der Waals surface area contributed by atoms with Crippen molar-refractivity contribution in [1.82, 2.24) is 5.32 Å². The second-order valence-electron chi connectivity index (χ2n) is 6.31. The third kappa shape index (κ3) is 5.92. The van der Waals surface area contributed by atoms with E-state index in [2.05, 4.69) is 5.32 Å². The molecule has 1 atom stereocenters. The Bertz CT molecular complexity index is 976. The number of nitrogens with zero attached hydrogens (tertiary/aromatic N) is 2. The molecule has 0 fully saturated rings. The molecule has 0 bridgehead atoms. The maximum Gasteiger partial charge on any atom is 0.271 e. The van der Waals surface area contributed by atoms with Crippen LogP contribution in [-0.4, -0.2) is 38.2 Å². The maximum atomic E-state index is 12.6. The van der Waals surface area contributed by atoms with E-state index in [4.69, 9.17) is 4.74 Å². The van der Waals surface area contributed by atoms with Gasteiger partial charge in [0.1, 0.15) is 11.8 Å². The number of nitrogens with one attached hydrogen (secondary N) is 1. The lowest BCUT2D eigenvalue weighted by molar-refractivity contribution is -0.384. The molecule has 9 nitrogen and oxygen atoms in total. The summed E-state index contributed by atoms with van der Waals surface area (Å²) in [5.41, 5.74) is 0.596. The zero-order valence-corrected chi connectivity index (χ0v) is 17.2. The normalized spacial score (nSPS) is 12.1. The zero-order valence-electron chi connectivity index (χ0n) is 16.4. The minimum Gasteiger partial charge on any atom is -0.494 e. The fourth-order valence-corrected chi connectivity index (χ4v) is 3.93. The molecular formula is C19H23N3O6S. The van der Waals surface area contributed by atoms with Crippen LogP contribution in [0.5, 0.6) is 5.75 Å². The van der Waals surface area contributed by atoms with E-state index in [9.17, 15) is 23.3 Å². The van der Waals surface area contributed by atoms with Crippen LogP contribution in [-0.2, 0) is 21.4 Å². The van der Waals surface area contributed by atoms with Crippen LogP contribution >= 0.6 is 0 Å². The molecule has 0 heterocycles. The van der Waals surface area contributed by atoms with Gasteiger partial charge in [-0.25, -0.2) is 8.42 Å². The molecule has 0 spiro atoms. The maximum absolute atomic E-state index is 12.6. The van der Waals surface area contributed by atoms with Gasteiger partial charge in [0.25, 0.3) is 5.69 Å². The predicted molar refractivity (Wildman–Crippen MR) is 109 cm³/mol. The second kappa shape index (κ2) is 9.37. The SMILES string of the molecule is CCOc1ccc(CNC(=O)[C@@H](C)N(c2cccc([N+](=O)[O-])c2)S(C)(=O)=O)cc1. The number of rotatable bonds is 9. The molecule has 156 valence electrons. The summed E-state index contributed by atoms with van der Waals surface area (Å²) in [6.45, 7) is 4.05. The first-order valence-corrected chi connectivity index (χ1v) is 10.7. The molecule has 2 aromatic carbocycles. The lowest BCUT2D eigenvalue weighted by Crippen LogP contribution is -2.47. The summed E-state index contributed by atoms with van der Waals surface area (Å²) in [5, 5.41) is 13.7. The summed E-state index contributed by atoms with van der Waals surface area (Å²) in [4.78, 5) is 23.0. The highest BCUT2D eigenvalue weighted by atomic mass is 32.2. The highest BCUT2D eigenvalue weighted by Crippen LogP contribution is 2.25. The number of non-ortho nitro benzene ring substituents is 1. The second-order valence-corrected chi connectivity index (χ2v) is 8.17. The van der Waals surface area contributed by atoms with E-state index < -0.39 is 26.9 Å². The first-order valence-electron chi connectivity index (χ1n) is 8.86. The lowest BCUT2D eigenvalue weighted by atomic mass is 10.2. The highest BCUT2D eigenvalue weighted by Gasteiger charge is 2.29. The molecule has 1 N–H and O–H groups in total. The highest BCUT2D eigenvalue weighted by molar-refractivity contribution is 7.92. The van der Waals surface area contributed by atoms with Gasteiger partial charge < -0.3 is 10.1 Å². The molecule has 29 heavy (non-hydrogen) atoms. The molecule has 0 aliphatic rings. The van der Waals surface area contributed by atoms with Gasteiger partial charge in [-0.15, -0.1) is 0 Å². The standard InChI is InChI=1S/C19H23N3O6S/c1-4-28-18-10-8-15(9-11-18)13-20-19(23)14(2)21(29(3,26)27)16-6-5-7-17(12-16)22(24)25/h5-12,14H,4,13H2,1-3H3,(H,20,23)/t14-/m1/s1. The fraction of sp³-hybridized carbons (Fsp3) is 0.316. The summed E-state index contributed by atoms with van der Waals surface area (Å²) < 4.78 is 30.8. The van der Waals surface area contributed by atoms with E-state index in [1.165, 1.54) is 25.1 Å². The van der Waals surface area contributed by atoms with E-state index in [1.807, 2.05) is 6.92 Å². The molecule has 0 unspecified atom stereocenters. The predicted octanol–water partition coefficient (Wildman–Crippen LogP) is 2.46. The van der Waals surface area contributed by atoms with Gasteiger partial charge in [0.15, 0.2) is 0 Å². The van der Waals surface area contributed by atoms with Crippen LogP contribution < -0.4 is 14.4 Å². The molecule has 1 amide bonds. The van der Waals surface area contributed by atoms with E-state index in [0.717, 1.165) is 22.2 Å². The number of nitro groups is 1. The number of nitro benzene ring substituents is 1. The zero-order chi connectivity index (χ0) is 21.6. The molecule has 0 radical (unpaired) electrons. The van der Waals surface area contributed by atoms with Crippen molar-refractivity contribution >= 4 is 27.3 Å². The van der Waals surface area contributed by atoms with Gasteiger partial charge in [-0.1, -0.05) is 18.2 Å². The number of hydrogen-bond donors (Lipinski definition) is 1. The summed E-state index contributed by atoms with van der Waals surface area (Å²) >= 11 is 0. The van der Waals surface area contributed by atoms with Gasteiger partial charge >= 0.3 is 0 Å². The topological polar surface area (TPSA) is 119 Å². The number of hydrogen-bond acceptors (Lipinski definition) is 6. The van der Waals surface area contributed by atoms with Crippen LogP contribution in [0.25, 0.3) is 0 Å². The number of anilines is 1. The minimum atomic E-state index is -3.87. The van der Waals surface area contributed by atoms with Crippen LogP contribution in [0.1, 0.15) is 19.4 Å². The minimum absolute atomic E-state index is 0.0467. The van der Waals surface area contributed by atoms with Crippen molar-refractivity contribution < 1.29 is 22.9 Å². The number of benzene rings is 2. The van der Waals surface area contributed by atoms with Crippen LogP contribution in [0.2, 0.25) is 0 Å². The van der Waals surface area contributed by atoms with Crippen molar-refractivity contribution in [1.29, 1.82) is 0 Å². The summed E-state index contributed by atoms with van der Waals surface area (Å²) in [6.07, 6.45) is 0.946. The average molecular weight is 421 g/mol. The lowest BCUT2D eigenvalue weighted by Gasteiger charge is -2.28. The molecule has 10 heteroatoms.